The highest BCUT2D eigenvalue weighted by atomic mass is 16.2. The third kappa shape index (κ3) is 2.06. The fraction of sp³-hybridized carbons (Fsp3) is 0.333. The van der Waals surface area contributed by atoms with Crippen molar-refractivity contribution in [3.8, 4) is 0 Å². The smallest absolute Gasteiger partial charge is 0.310 e. The molecule has 3 heterocycles. The molecule has 8 nitrogen and oxygen atoms in total. The van der Waals surface area contributed by atoms with Crippen molar-refractivity contribution in [1.29, 1.82) is 0 Å². The van der Waals surface area contributed by atoms with Crippen molar-refractivity contribution in [3.63, 3.8) is 0 Å². The number of Topliss-reactive ketones (excluding diaryl/α,β-unsaturated/α-hetero) is 1. The van der Waals surface area contributed by atoms with E-state index in [-0.39, 0.29) is 17.8 Å². The summed E-state index contributed by atoms with van der Waals surface area (Å²) in [7, 11) is 1.54. The van der Waals surface area contributed by atoms with E-state index in [9.17, 15) is 14.4 Å². The van der Waals surface area contributed by atoms with Crippen molar-refractivity contribution in [3.05, 3.63) is 45.4 Å². The molecule has 0 aliphatic heterocycles. The highest BCUT2D eigenvalue weighted by molar-refractivity contribution is 5.78. The Labute approximate surface area is 130 Å². The van der Waals surface area contributed by atoms with Crippen molar-refractivity contribution >= 4 is 22.7 Å². The molecule has 120 valence electrons. The molecule has 0 N–H and O–H groups in total. The van der Waals surface area contributed by atoms with Gasteiger partial charge in [-0.3, -0.25) is 23.1 Å². The van der Waals surface area contributed by atoms with Crippen LogP contribution in [0.2, 0.25) is 0 Å². The van der Waals surface area contributed by atoms with Crippen LogP contribution in [0.3, 0.4) is 0 Å². The molecule has 0 aliphatic rings. The van der Waals surface area contributed by atoms with Gasteiger partial charge in [-0.15, -0.1) is 6.58 Å². The van der Waals surface area contributed by atoms with E-state index in [1.165, 1.54) is 18.5 Å². The van der Waals surface area contributed by atoms with E-state index in [1.807, 2.05) is 11.5 Å². The Morgan fingerprint density at radius 1 is 1.35 bits per heavy atom. The predicted molar refractivity (Wildman–Crippen MR) is 85.8 cm³/mol. The highest BCUT2D eigenvalue weighted by Crippen LogP contribution is 2.16. The average molecular weight is 315 g/mol. The maximum Gasteiger partial charge on any atom is 0.332 e. The SMILES string of the molecule is C=CCn1c(C)cn2c3c(=O)n(CC(C)=O)c(=O)n(C)c3nc12. The Morgan fingerprint density at radius 3 is 2.65 bits per heavy atom. The van der Waals surface area contributed by atoms with Gasteiger partial charge in [0, 0.05) is 25.5 Å². The molecule has 0 radical (unpaired) electrons. The average Bonchev–Trinajstić information content (AvgIpc) is 2.98. The number of imidazole rings is 2. The minimum atomic E-state index is -0.551. The molecule has 23 heavy (non-hydrogen) atoms. The zero-order valence-electron chi connectivity index (χ0n) is 13.2. The van der Waals surface area contributed by atoms with Crippen LogP contribution in [-0.4, -0.2) is 28.9 Å². The zero-order valence-corrected chi connectivity index (χ0v) is 13.2. The monoisotopic (exact) mass is 315 g/mol. The van der Waals surface area contributed by atoms with E-state index in [0.29, 0.717) is 18.0 Å². The summed E-state index contributed by atoms with van der Waals surface area (Å²) in [6.45, 7) is 7.25. The van der Waals surface area contributed by atoms with Crippen molar-refractivity contribution in [2.24, 2.45) is 7.05 Å². The Morgan fingerprint density at radius 2 is 2.04 bits per heavy atom. The van der Waals surface area contributed by atoms with Crippen LogP contribution in [0.15, 0.2) is 28.4 Å². The maximum absolute atomic E-state index is 12.7. The van der Waals surface area contributed by atoms with Crippen LogP contribution in [0, 0.1) is 6.92 Å². The molecule has 0 aromatic carbocycles. The van der Waals surface area contributed by atoms with Crippen LogP contribution in [0.1, 0.15) is 12.6 Å². The highest BCUT2D eigenvalue weighted by Gasteiger charge is 2.20. The van der Waals surface area contributed by atoms with Crippen LogP contribution < -0.4 is 11.2 Å². The fourth-order valence-electron chi connectivity index (χ4n) is 2.77. The lowest BCUT2D eigenvalue weighted by Crippen LogP contribution is -2.40. The molecule has 3 rings (SSSR count). The maximum atomic E-state index is 12.7. The van der Waals surface area contributed by atoms with Crippen LogP contribution >= 0.6 is 0 Å². The number of fused-ring (bicyclic) bond motifs is 3. The number of aryl methyl sites for hydroxylation is 2. The number of aromatic nitrogens is 5. The van der Waals surface area contributed by atoms with Gasteiger partial charge in [0.25, 0.3) is 5.56 Å². The molecule has 0 fully saturated rings. The van der Waals surface area contributed by atoms with E-state index in [2.05, 4.69) is 11.6 Å². The molecule has 0 aliphatic carbocycles. The molecule has 0 saturated heterocycles. The lowest BCUT2D eigenvalue weighted by molar-refractivity contribution is -0.117. The minimum absolute atomic E-state index is 0.249. The molecule has 3 aromatic heterocycles. The fourth-order valence-corrected chi connectivity index (χ4v) is 2.77. The molecule has 0 saturated carbocycles. The number of hydrogen-bond donors (Lipinski definition) is 0. The number of rotatable bonds is 4. The first kappa shape index (κ1) is 15.0. The van der Waals surface area contributed by atoms with E-state index in [1.54, 1.807) is 16.7 Å². The van der Waals surface area contributed by atoms with E-state index < -0.39 is 11.2 Å². The second-order valence-corrected chi connectivity index (χ2v) is 5.56. The van der Waals surface area contributed by atoms with Crippen LogP contribution in [-0.2, 0) is 24.9 Å². The third-order valence-electron chi connectivity index (χ3n) is 3.83. The molecule has 0 bridgehead atoms. The van der Waals surface area contributed by atoms with Crippen molar-refractivity contribution in [2.75, 3.05) is 0 Å². The summed E-state index contributed by atoms with van der Waals surface area (Å²) in [5.41, 5.74) is 0.439. The van der Waals surface area contributed by atoms with Gasteiger partial charge >= 0.3 is 5.69 Å². The molecule has 8 heteroatoms. The molecule has 0 amide bonds. The van der Waals surface area contributed by atoms with E-state index in [0.717, 1.165) is 10.3 Å². The Balaban J connectivity index is 2.50. The largest absolute Gasteiger partial charge is 0.332 e. The first-order chi connectivity index (χ1) is 10.9. The van der Waals surface area contributed by atoms with E-state index >= 15 is 0 Å². The van der Waals surface area contributed by atoms with Crippen molar-refractivity contribution < 1.29 is 4.79 Å². The van der Waals surface area contributed by atoms with Gasteiger partial charge in [-0.2, -0.15) is 4.98 Å². The summed E-state index contributed by atoms with van der Waals surface area (Å²) in [5.74, 6) is 0.301. The van der Waals surface area contributed by atoms with Crippen molar-refractivity contribution in [2.45, 2.75) is 26.9 Å². The van der Waals surface area contributed by atoms with E-state index in [4.69, 9.17) is 0 Å². The van der Waals surface area contributed by atoms with Gasteiger partial charge in [0.15, 0.2) is 11.2 Å². The van der Waals surface area contributed by atoms with Crippen molar-refractivity contribution in [1.82, 2.24) is 23.1 Å². The minimum Gasteiger partial charge on any atom is -0.310 e. The topological polar surface area (TPSA) is 83.3 Å². The van der Waals surface area contributed by atoms with Gasteiger partial charge in [0.1, 0.15) is 5.78 Å². The molecule has 3 aromatic rings. The summed E-state index contributed by atoms with van der Waals surface area (Å²) in [4.78, 5) is 40.8. The first-order valence-electron chi connectivity index (χ1n) is 7.15. The second-order valence-electron chi connectivity index (χ2n) is 5.56. The summed E-state index contributed by atoms with van der Waals surface area (Å²) < 4.78 is 5.79. The molecule has 0 atom stereocenters. The standard InChI is InChI=1S/C15H17N5O3/c1-5-6-18-9(2)7-19-11-12(16-14(18)19)17(4)15(23)20(13(11)22)8-10(3)21/h5,7H,1,6,8H2,2-4H3. The predicted octanol–water partition coefficient (Wildman–Crippen LogP) is 0.233. The van der Waals surface area contributed by atoms with Crippen LogP contribution in [0.4, 0.5) is 0 Å². The van der Waals surface area contributed by atoms with Gasteiger partial charge in [-0.25, -0.2) is 4.79 Å². The number of carbonyl (C=O) groups is 1. The lowest BCUT2D eigenvalue weighted by Gasteiger charge is -2.05. The van der Waals surface area contributed by atoms with Crippen LogP contribution in [0.5, 0.6) is 0 Å². The Bertz CT molecular complexity index is 1080. The zero-order chi connectivity index (χ0) is 16.9. The summed E-state index contributed by atoms with van der Waals surface area (Å²) in [6, 6.07) is 0. The van der Waals surface area contributed by atoms with Gasteiger partial charge in [-0.05, 0) is 13.8 Å². The molecular formula is C15H17N5O3. The molecule has 0 unspecified atom stereocenters. The van der Waals surface area contributed by atoms with Gasteiger partial charge in [0.05, 0.1) is 6.54 Å². The molecular weight excluding hydrogens is 298 g/mol. The molecule has 0 spiro atoms. The number of ketones is 1. The van der Waals surface area contributed by atoms with Crippen LogP contribution in [0.25, 0.3) is 16.9 Å². The normalized spacial score (nSPS) is 11.4. The van der Waals surface area contributed by atoms with Gasteiger partial charge < -0.3 is 4.57 Å². The Hall–Kier alpha value is -2.90. The number of hydrogen-bond acceptors (Lipinski definition) is 4. The summed E-state index contributed by atoms with van der Waals surface area (Å²) >= 11 is 0. The summed E-state index contributed by atoms with van der Waals surface area (Å²) in [5, 5.41) is 0. The number of allylic oxidation sites excluding steroid dienone is 1. The number of carbonyl (C=O) groups excluding carboxylic acids is 1. The second kappa shape index (κ2) is 5.08. The number of nitrogens with zero attached hydrogens (tertiary/aromatic N) is 5. The van der Waals surface area contributed by atoms with Gasteiger partial charge in [-0.1, -0.05) is 6.08 Å². The van der Waals surface area contributed by atoms with Gasteiger partial charge in [0.2, 0.25) is 5.78 Å². The third-order valence-corrected chi connectivity index (χ3v) is 3.83. The Kier molecular flexibility index (Phi) is 3.32. The lowest BCUT2D eigenvalue weighted by atomic mass is 10.4. The quantitative estimate of drug-likeness (QED) is 0.645. The summed E-state index contributed by atoms with van der Waals surface area (Å²) in [6.07, 6.45) is 3.53. The first-order valence-corrected chi connectivity index (χ1v) is 7.15.